The molecule has 1 heterocycles. The van der Waals surface area contributed by atoms with E-state index in [-0.39, 0.29) is 18.1 Å². The van der Waals surface area contributed by atoms with Gasteiger partial charge in [0, 0.05) is 16.5 Å². The summed E-state index contributed by atoms with van der Waals surface area (Å²) in [6, 6.07) is 12.6. The van der Waals surface area contributed by atoms with Gasteiger partial charge < -0.3 is 10.2 Å². The van der Waals surface area contributed by atoms with Crippen molar-refractivity contribution in [2.45, 2.75) is 45.8 Å². The van der Waals surface area contributed by atoms with E-state index in [2.05, 4.69) is 14.9 Å². The summed E-state index contributed by atoms with van der Waals surface area (Å²) in [6.07, 6.45) is 0. The minimum Gasteiger partial charge on any atom is -0.349 e. The number of nitrogens with one attached hydrogen (secondary N) is 1. The molecule has 0 aliphatic rings. The Morgan fingerprint density at radius 2 is 1.81 bits per heavy atom. The number of halogens is 1. The molecule has 2 aromatic carbocycles. The van der Waals surface area contributed by atoms with Gasteiger partial charge in [0.15, 0.2) is 5.69 Å². The molecule has 0 spiro atoms. The highest BCUT2D eigenvalue weighted by molar-refractivity contribution is 7.03. The predicted octanol–water partition coefficient (Wildman–Crippen LogP) is 4.28. The maximum atomic E-state index is 14.5. The third-order valence-corrected chi connectivity index (χ3v) is 5.09. The smallest absolute Gasteiger partial charge is 0.276 e. The van der Waals surface area contributed by atoms with Crippen LogP contribution < -0.4 is 5.32 Å². The Balaban J connectivity index is 2.10. The second kappa shape index (κ2) is 9.34. The summed E-state index contributed by atoms with van der Waals surface area (Å²) in [4.78, 5) is 28.2. The molecule has 3 rings (SSSR count). The normalized spacial score (nSPS) is 12.3. The molecule has 0 saturated carbocycles. The molecule has 0 aliphatic heterocycles. The Morgan fingerprint density at radius 1 is 1.13 bits per heavy atom. The second-order valence-corrected chi connectivity index (χ2v) is 8.98. The molecular formula is C23H25FN4O2S. The monoisotopic (exact) mass is 440 g/mol. The van der Waals surface area contributed by atoms with Crippen molar-refractivity contribution in [3.63, 3.8) is 0 Å². The van der Waals surface area contributed by atoms with Crippen LogP contribution in [0.5, 0.6) is 0 Å². The molecule has 1 N–H and O–H groups in total. The van der Waals surface area contributed by atoms with E-state index in [4.69, 9.17) is 0 Å². The average Bonchev–Trinajstić information content (AvgIpc) is 3.23. The molecule has 0 fully saturated rings. The zero-order valence-corrected chi connectivity index (χ0v) is 18.7. The second-order valence-electron chi connectivity index (χ2n) is 8.37. The highest BCUT2D eigenvalue weighted by Gasteiger charge is 2.35. The lowest BCUT2D eigenvalue weighted by atomic mass is 9.99. The van der Waals surface area contributed by atoms with Gasteiger partial charge in [0.2, 0.25) is 5.91 Å². The van der Waals surface area contributed by atoms with Gasteiger partial charge in [0.1, 0.15) is 11.9 Å². The van der Waals surface area contributed by atoms with Crippen LogP contribution in [-0.4, -0.2) is 31.8 Å². The summed E-state index contributed by atoms with van der Waals surface area (Å²) in [6.45, 7) is 7.44. The first-order valence-electron chi connectivity index (χ1n) is 9.86. The van der Waals surface area contributed by atoms with Crippen LogP contribution in [0.4, 0.5) is 4.39 Å². The lowest BCUT2D eigenvalue weighted by Gasteiger charge is -2.33. The van der Waals surface area contributed by atoms with Gasteiger partial charge >= 0.3 is 0 Å². The van der Waals surface area contributed by atoms with Crippen LogP contribution in [0.15, 0.2) is 53.9 Å². The van der Waals surface area contributed by atoms with Gasteiger partial charge in [-0.3, -0.25) is 9.59 Å². The highest BCUT2D eigenvalue weighted by atomic mass is 32.1. The van der Waals surface area contributed by atoms with E-state index in [0.717, 1.165) is 17.1 Å². The number of aryl methyl sites for hydroxylation is 1. The molecule has 6 nitrogen and oxygen atoms in total. The Hall–Kier alpha value is -3.13. The molecule has 8 heteroatoms. The Labute approximate surface area is 185 Å². The number of carbonyl (C=O) groups excluding carboxylic acids is 2. The van der Waals surface area contributed by atoms with Crippen LogP contribution in [0.2, 0.25) is 0 Å². The standard InChI is InChI=1S/C23H25FN4O2S/c1-15-9-11-16(12-10-15)20(21(29)25-23(2,3)4)28(22(30)19-14-31-27-26-19)13-17-7-5-6-8-18(17)24/h5-12,14,20H,13H2,1-4H3,(H,25,29)/t20-/m1/s1. The lowest BCUT2D eigenvalue weighted by Crippen LogP contribution is -2.49. The largest absolute Gasteiger partial charge is 0.349 e. The van der Waals surface area contributed by atoms with E-state index >= 15 is 0 Å². The maximum Gasteiger partial charge on any atom is 0.276 e. The molecule has 0 aliphatic carbocycles. The number of carbonyl (C=O) groups is 2. The predicted molar refractivity (Wildman–Crippen MR) is 118 cm³/mol. The fourth-order valence-electron chi connectivity index (χ4n) is 3.15. The van der Waals surface area contributed by atoms with Crippen molar-refractivity contribution in [1.29, 1.82) is 0 Å². The van der Waals surface area contributed by atoms with Crippen LogP contribution in [0.3, 0.4) is 0 Å². The van der Waals surface area contributed by atoms with Crippen LogP contribution in [-0.2, 0) is 11.3 Å². The number of hydrogen-bond acceptors (Lipinski definition) is 5. The van der Waals surface area contributed by atoms with E-state index in [1.807, 2.05) is 52.0 Å². The fourth-order valence-corrected chi connectivity index (χ4v) is 3.59. The molecular weight excluding hydrogens is 415 g/mol. The van der Waals surface area contributed by atoms with Crippen LogP contribution in [0, 0.1) is 12.7 Å². The number of rotatable bonds is 6. The Kier molecular flexibility index (Phi) is 6.80. The number of aromatic nitrogens is 2. The van der Waals surface area contributed by atoms with E-state index < -0.39 is 23.3 Å². The van der Waals surface area contributed by atoms with Gasteiger partial charge in [0.05, 0.1) is 6.54 Å². The van der Waals surface area contributed by atoms with Gasteiger partial charge in [-0.1, -0.05) is 52.5 Å². The molecule has 31 heavy (non-hydrogen) atoms. The molecule has 2 amide bonds. The SMILES string of the molecule is Cc1ccc([C@H](C(=O)NC(C)(C)C)N(Cc2ccccc2F)C(=O)c2csnn2)cc1. The van der Waals surface area contributed by atoms with Crippen molar-refractivity contribution in [3.05, 3.63) is 82.1 Å². The summed E-state index contributed by atoms with van der Waals surface area (Å²) in [5, 5.41) is 8.35. The van der Waals surface area contributed by atoms with Gasteiger partial charge in [-0.2, -0.15) is 0 Å². The van der Waals surface area contributed by atoms with Crippen molar-refractivity contribution in [2.24, 2.45) is 0 Å². The first-order valence-corrected chi connectivity index (χ1v) is 10.7. The van der Waals surface area contributed by atoms with E-state index in [0.29, 0.717) is 11.1 Å². The van der Waals surface area contributed by atoms with E-state index in [1.165, 1.54) is 16.3 Å². The molecule has 0 radical (unpaired) electrons. The quantitative estimate of drug-likeness (QED) is 0.621. The topological polar surface area (TPSA) is 75.2 Å². The lowest BCUT2D eigenvalue weighted by molar-refractivity contribution is -0.127. The Morgan fingerprint density at radius 3 is 2.39 bits per heavy atom. The van der Waals surface area contributed by atoms with Crippen LogP contribution in [0.1, 0.15) is 54.0 Å². The molecule has 1 atom stereocenters. The summed E-state index contributed by atoms with van der Waals surface area (Å²) in [5.74, 6) is -1.30. The van der Waals surface area contributed by atoms with E-state index in [9.17, 15) is 14.0 Å². The van der Waals surface area contributed by atoms with E-state index in [1.54, 1.807) is 18.2 Å². The van der Waals surface area contributed by atoms with Crippen LogP contribution >= 0.6 is 11.5 Å². The summed E-state index contributed by atoms with van der Waals surface area (Å²) >= 11 is 1.04. The Bertz CT molecular complexity index is 1050. The zero-order chi connectivity index (χ0) is 22.6. The number of hydrogen-bond donors (Lipinski definition) is 1. The summed E-state index contributed by atoms with van der Waals surface area (Å²) in [5.41, 5.74) is 1.55. The minimum absolute atomic E-state index is 0.0981. The molecule has 0 bridgehead atoms. The van der Waals surface area contributed by atoms with Crippen molar-refractivity contribution in [1.82, 2.24) is 19.8 Å². The third-order valence-electron chi connectivity index (χ3n) is 4.59. The van der Waals surface area contributed by atoms with Gasteiger partial charge in [-0.05, 0) is 50.9 Å². The third kappa shape index (κ3) is 5.73. The average molecular weight is 441 g/mol. The first kappa shape index (κ1) is 22.6. The number of benzene rings is 2. The van der Waals surface area contributed by atoms with Crippen molar-refractivity contribution in [3.8, 4) is 0 Å². The molecule has 162 valence electrons. The van der Waals surface area contributed by atoms with Crippen molar-refractivity contribution < 1.29 is 14.0 Å². The van der Waals surface area contributed by atoms with Gasteiger partial charge in [0.25, 0.3) is 5.91 Å². The van der Waals surface area contributed by atoms with Crippen molar-refractivity contribution in [2.75, 3.05) is 0 Å². The number of nitrogens with zero attached hydrogens (tertiary/aromatic N) is 3. The van der Waals surface area contributed by atoms with Gasteiger partial charge in [-0.25, -0.2) is 4.39 Å². The van der Waals surface area contributed by atoms with Gasteiger partial charge in [-0.15, -0.1) is 5.10 Å². The minimum atomic E-state index is -0.978. The summed E-state index contributed by atoms with van der Waals surface area (Å²) in [7, 11) is 0. The number of amides is 2. The molecule has 1 aromatic heterocycles. The molecule has 0 unspecified atom stereocenters. The molecule has 3 aromatic rings. The zero-order valence-electron chi connectivity index (χ0n) is 17.9. The summed E-state index contributed by atoms with van der Waals surface area (Å²) < 4.78 is 18.3. The van der Waals surface area contributed by atoms with Crippen molar-refractivity contribution >= 4 is 23.3 Å². The fraction of sp³-hybridized carbons (Fsp3) is 0.304. The maximum absolute atomic E-state index is 14.5. The first-order chi connectivity index (χ1) is 14.7. The van der Waals surface area contributed by atoms with Crippen LogP contribution in [0.25, 0.3) is 0 Å². The molecule has 0 saturated heterocycles. The highest BCUT2D eigenvalue weighted by Crippen LogP contribution is 2.27.